The van der Waals surface area contributed by atoms with Crippen molar-refractivity contribution in [3.63, 3.8) is 0 Å². The fourth-order valence-electron chi connectivity index (χ4n) is 1.91. The summed E-state index contributed by atoms with van der Waals surface area (Å²) in [6, 6.07) is 17.0. The molecule has 1 aliphatic rings. The van der Waals surface area contributed by atoms with Gasteiger partial charge in [0.2, 0.25) is 0 Å². The van der Waals surface area contributed by atoms with Gasteiger partial charge in [-0.1, -0.05) is 47.7 Å². The average Bonchev–Trinajstić information content (AvgIpc) is 2.74. The zero-order chi connectivity index (χ0) is 11.7. The van der Waals surface area contributed by atoms with Gasteiger partial charge in [0, 0.05) is 11.3 Å². The van der Waals surface area contributed by atoms with E-state index in [1.54, 1.807) is 11.8 Å². The van der Waals surface area contributed by atoms with Gasteiger partial charge in [-0.15, -0.1) is 0 Å². The van der Waals surface area contributed by atoms with Crippen molar-refractivity contribution in [1.29, 1.82) is 0 Å². The number of aryl methyl sites for hydroxylation is 1. The Balaban J connectivity index is 1.79. The van der Waals surface area contributed by atoms with Crippen LogP contribution in [-0.2, 0) is 6.42 Å². The lowest BCUT2D eigenvalue weighted by atomic mass is 10.2. The monoisotopic (exact) mass is 239 g/mol. The highest BCUT2D eigenvalue weighted by molar-refractivity contribution is 8.14. The van der Waals surface area contributed by atoms with Crippen molar-refractivity contribution in [3.8, 4) is 0 Å². The van der Waals surface area contributed by atoms with Crippen LogP contribution in [0.4, 0.5) is 5.69 Å². The summed E-state index contributed by atoms with van der Waals surface area (Å²) in [4.78, 5) is 5.91. The van der Waals surface area contributed by atoms with Crippen LogP contribution in [-0.4, -0.2) is 5.04 Å². The third-order valence-electron chi connectivity index (χ3n) is 2.84. The molecule has 0 unspecified atom stereocenters. The summed E-state index contributed by atoms with van der Waals surface area (Å²) in [7, 11) is 0. The number of fused-ring (bicyclic) bond motifs is 1. The SMILES string of the molecule is Cc1ccc(SC2=Nc3ccccc3C2)cc1. The zero-order valence-corrected chi connectivity index (χ0v) is 10.5. The molecule has 1 nitrogen and oxygen atoms in total. The Morgan fingerprint density at radius 3 is 2.53 bits per heavy atom. The van der Waals surface area contributed by atoms with Crippen molar-refractivity contribution < 1.29 is 0 Å². The fourth-order valence-corrected chi connectivity index (χ4v) is 2.82. The molecule has 2 heteroatoms. The average molecular weight is 239 g/mol. The van der Waals surface area contributed by atoms with Crippen molar-refractivity contribution in [3.05, 3.63) is 59.7 Å². The number of hydrogen-bond acceptors (Lipinski definition) is 2. The van der Waals surface area contributed by atoms with Crippen LogP contribution in [0.15, 0.2) is 58.4 Å². The minimum atomic E-state index is 0.967. The van der Waals surface area contributed by atoms with Crippen molar-refractivity contribution in [2.45, 2.75) is 18.2 Å². The van der Waals surface area contributed by atoms with Crippen LogP contribution in [0.3, 0.4) is 0 Å². The Hall–Kier alpha value is -1.54. The van der Waals surface area contributed by atoms with Crippen molar-refractivity contribution in [2.75, 3.05) is 0 Å². The second-order valence-corrected chi connectivity index (χ2v) is 5.37. The lowest BCUT2D eigenvalue weighted by molar-refractivity contribution is 1.38. The summed E-state index contributed by atoms with van der Waals surface area (Å²) >= 11 is 1.77. The summed E-state index contributed by atoms with van der Waals surface area (Å²) in [5, 5.41) is 1.19. The van der Waals surface area contributed by atoms with E-state index in [1.165, 1.54) is 21.1 Å². The first kappa shape index (κ1) is 10.6. The minimum Gasteiger partial charge on any atom is -0.246 e. The van der Waals surface area contributed by atoms with Gasteiger partial charge in [-0.2, -0.15) is 0 Å². The van der Waals surface area contributed by atoms with Gasteiger partial charge in [0.05, 0.1) is 10.7 Å². The van der Waals surface area contributed by atoms with Gasteiger partial charge in [0.25, 0.3) is 0 Å². The first-order valence-corrected chi connectivity index (χ1v) is 6.53. The molecule has 0 amide bonds. The Kier molecular flexibility index (Phi) is 2.73. The molecule has 2 aromatic carbocycles. The van der Waals surface area contributed by atoms with Crippen LogP contribution in [0.1, 0.15) is 11.1 Å². The highest BCUT2D eigenvalue weighted by atomic mass is 32.2. The van der Waals surface area contributed by atoms with Gasteiger partial charge in [0.1, 0.15) is 0 Å². The number of aliphatic imine (C=N–C) groups is 1. The van der Waals surface area contributed by atoms with Crippen LogP contribution >= 0.6 is 11.8 Å². The molecule has 0 aromatic heterocycles. The number of thioether (sulfide) groups is 1. The van der Waals surface area contributed by atoms with E-state index in [2.05, 4.69) is 54.4 Å². The predicted octanol–water partition coefficient (Wildman–Crippen LogP) is 4.37. The molecule has 0 saturated carbocycles. The second kappa shape index (κ2) is 4.38. The van der Waals surface area contributed by atoms with Gasteiger partial charge in [0.15, 0.2) is 0 Å². The quantitative estimate of drug-likeness (QED) is 0.719. The number of benzene rings is 2. The Labute approximate surface area is 106 Å². The highest BCUT2D eigenvalue weighted by Gasteiger charge is 2.14. The number of para-hydroxylation sites is 1. The van der Waals surface area contributed by atoms with Crippen molar-refractivity contribution in [1.82, 2.24) is 0 Å². The second-order valence-electron chi connectivity index (χ2n) is 4.23. The lowest BCUT2D eigenvalue weighted by Gasteiger charge is -2.00. The number of rotatable bonds is 1. The first-order valence-electron chi connectivity index (χ1n) is 5.71. The van der Waals surface area contributed by atoms with Gasteiger partial charge in [-0.25, -0.2) is 4.99 Å². The fraction of sp³-hybridized carbons (Fsp3) is 0.133. The molecule has 0 spiro atoms. The maximum Gasteiger partial charge on any atom is 0.0831 e. The molecule has 17 heavy (non-hydrogen) atoms. The van der Waals surface area contributed by atoms with Crippen LogP contribution < -0.4 is 0 Å². The summed E-state index contributed by atoms with van der Waals surface area (Å²) in [6.45, 7) is 2.11. The molecule has 1 heterocycles. The minimum absolute atomic E-state index is 0.967. The molecule has 0 atom stereocenters. The maximum absolute atomic E-state index is 4.65. The van der Waals surface area contributed by atoms with E-state index in [0.717, 1.165) is 12.1 Å². The Bertz CT molecular complexity index is 570. The molecule has 1 aliphatic heterocycles. The maximum atomic E-state index is 4.65. The molecule has 84 valence electrons. The van der Waals surface area contributed by atoms with Crippen molar-refractivity contribution in [2.24, 2.45) is 4.99 Å². The van der Waals surface area contributed by atoms with E-state index >= 15 is 0 Å². The summed E-state index contributed by atoms with van der Waals surface area (Å²) in [5.41, 5.74) is 3.76. The molecule has 0 aliphatic carbocycles. The molecule has 2 aromatic rings. The normalized spacial score (nSPS) is 13.4. The summed E-state index contributed by atoms with van der Waals surface area (Å²) in [6.07, 6.45) is 0.967. The van der Waals surface area contributed by atoms with Crippen LogP contribution in [0.25, 0.3) is 0 Å². The first-order chi connectivity index (χ1) is 8.31. The third kappa shape index (κ3) is 2.27. The molecule has 3 rings (SSSR count). The predicted molar refractivity (Wildman–Crippen MR) is 74.3 cm³/mol. The standard InChI is InChI=1S/C15H13NS/c1-11-6-8-13(9-7-11)17-15-10-12-4-2-3-5-14(12)16-15/h2-9H,10H2,1H3. The Morgan fingerprint density at radius 1 is 1.00 bits per heavy atom. The van der Waals surface area contributed by atoms with Gasteiger partial charge >= 0.3 is 0 Å². The zero-order valence-electron chi connectivity index (χ0n) is 9.68. The largest absolute Gasteiger partial charge is 0.246 e. The van der Waals surface area contributed by atoms with Crippen LogP contribution in [0.2, 0.25) is 0 Å². The van der Waals surface area contributed by atoms with Gasteiger partial charge in [-0.05, 0) is 30.7 Å². The van der Waals surface area contributed by atoms with Crippen LogP contribution in [0.5, 0.6) is 0 Å². The van der Waals surface area contributed by atoms with E-state index < -0.39 is 0 Å². The van der Waals surface area contributed by atoms with E-state index in [0.29, 0.717) is 0 Å². The van der Waals surface area contributed by atoms with Gasteiger partial charge in [-0.3, -0.25) is 0 Å². The van der Waals surface area contributed by atoms with Crippen LogP contribution in [0, 0.1) is 6.92 Å². The smallest absolute Gasteiger partial charge is 0.0831 e. The molecule has 0 saturated heterocycles. The summed E-state index contributed by atoms with van der Waals surface area (Å²) in [5.74, 6) is 0. The van der Waals surface area contributed by atoms with Crippen molar-refractivity contribution >= 4 is 22.5 Å². The molecule has 0 radical (unpaired) electrons. The molecular formula is C15H13NS. The van der Waals surface area contributed by atoms with Gasteiger partial charge < -0.3 is 0 Å². The Morgan fingerprint density at radius 2 is 1.76 bits per heavy atom. The van der Waals surface area contributed by atoms with E-state index in [1.807, 2.05) is 6.07 Å². The molecule has 0 N–H and O–H groups in total. The molecular weight excluding hydrogens is 226 g/mol. The summed E-state index contributed by atoms with van der Waals surface area (Å²) < 4.78 is 0. The molecule has 0 fully saturated rings. The van der Waals surface area contributed by atoms with E-state index in [9.17, 15) is 0 Å². The molecule has 0 bridgehead atoms. The number of nitrogens with zero attached hydrogens (tertiary/aromatic N) is 1. The topological polar surface area (TPSA) is 12.4 Å². The van der Waals surface area contributed by atoms with E-state index in [-0.39, 0.29) is 0 Å². The highest BCUT2D eigenvalue weighted by Crippen LogP contribution is 2.32. The van der Waals surface area contributed by atoms with E-state index in [4.69, 9.17) is 0 Å². The number of hydrogen-bond donors (Lipinski definition) is 0. The third-order valence-corrected chi connectivity index (χ3v) is 3.81. The lowest BCUT2D eigenvalue weighted by Crippen LogP contribution is -1.91.